The van der Waals surface area contributed by atoms with Gasteiger partial charge in [-0.2, -0.15) is 0 Å². The summed E-state index contributed by atoms with van der Waals surface area (Å²) in [6.45, 7) is 2.18. The first-order valence-corrected chi connectivity index (χ1v) is 6.31. The molecule has 1 aromatic carbocycles. The van der Waals surface area contributed by atoms with Gasteiger partial charge in [-0.05, 0) is 43.9 Å². The summed E-state index contributed by atoms with van der Waals surface area (Å²) in [7, 11) is 0. The van der Waals surface area contributed by atoms with Gasteiger partial charge in [-0.1, -0.05) is 12.1 Å². The number of carboxylic acids is 1. The molecule has 1 saturated carbocycles. The Hall–Kier alpha value is -1.55. The Morgan fingerprint density at radius 2 is 2.00 bits per heavy atom. The van der Waals surface area contributed by atoms with Gasteiger partial charge in [0.2, 0.25) is 0 Å². The van der Waals surface area contributed by atoms with Gasteiger partial charge in [0.15, 0.2) is 0 Å². The van der Waals surface area contributed by atoms with Crippen LogP contribution < -0.4 is 0 Å². The average molecular weight is 249 g/mol. The average Bonchev–Trinajstić information content (AvgIpc) is 3.12. The molecule has 2 rings (SSSR count). The zero-order valence-corrected chi connectivity index (χ0v) is 10.5. The maximum atomic E-state index is 10.9. The minimum atomic E-state index is -0.764. The molecule has 4 nitrogen and oxygen atoms in total. The van der Waals surface area contributed by atoms with Crippen molar-refractivity contribution in [3.05, 3.63) is 29.8 Å². The van der Waals surface area contributed by atoms with E-state index in [4.69, 9.17) is 5.11 Å². The minimum absolute atomic E-state index is 0.115. The van der Waals surface area contributed by atoms with Gasteiger partial charge in [0, 0.05) is 12.1 Å². The summed E-state index contributed by atoms with van der Waals surface area (Å²) in [4.78, 5) is 12.9. The molecule has 1 aliphatic carbocycles. The molecule has 0 heterocycles. The topological polar surface area (TPSA) is 60.8 Å². The first kappa shape index (κ1) is 12.9. The van der Waals surface area contributed by atoms with Crippen molar-refractivity contribution >= 4 is 5.97 Å². The van der Waals surface area contributed by atoms with Crippen LogP contribution in [0.25, 0.3) is 0 Å². The minimum Gasteiger partial charge on any atom is -0.508 e. The molecule has 4 heteroatoms. The van der Waals surface area contributed by atoms with Crippen LogP contribution in [0.1, 0.15) is 25.3 Å². The number of phenols is 1. The first-order chi connectivity index (χ1) is 8.56. The predicted octanol–water partition coefficient (Wildman–Crippen LogP) is 1.87. The maximum absolute atomic E-state index is 10.9. The molecule has 0 radical (unpaired) electrons. The number of hydrogen-bond acceptors (Lipinski definition) is 3. The van der Waals surface area contributed by atoms with Gasteiger partial charge >= 0.3 is 5.97 Å². The second-order valence-electron chi connectivity index (χ2n) is 5.02. The van der Waals surface area contributed by atoms with Gasteiger partial charge in [0.1, 0.15) is 5.75 Å². The molecule has 1 atom stereocenters. The molecule has 0 saturated heterocycles. The largest absolute Gasteiger partial charge is 0.508 e. The van der Waals surface area contributed by atoms with Gasteiger partial charge in [0.25, 0.3) is 0 Å². The Bertz CT molecular complexity index is 412. The van der Waals surface area contributed by atoms with Crippen molar-refractivity contribution < 1.29 is 15.0 Å². The lowest BCUT2D eigenvalue weighted by molar-refractivity contribution is -0.139. The van der Waals surface area contributed by atoms with Crippen molar-refractivity contribution in [2.24, 2.45) is 0 Å². The third-order valence-electron chi connectivity index (χ3n) is 3.37. The smallest absolute Gasteiger partial charge is 0.317 e. The zero-order valence-electron chi connectivity index (χ0n) is 10.5. The highest BCUT2D eigenvalue weighted by atomic mass is 16.4. The predicted molar refractivity (Wildman–Crippen MR) is 68.6 cm³/mol. The Morgan fingerprint density at radius 1 is 1.39 bits per heavy atom. The number of benzene rings is 1. The van der Waals surface area contributed by atoms with Gasteiger partial charge in [-0.15, -0.1) is 0 Å². The number of carboxylic acid groups (broad SMARTS) is 1. The number of aromatic hydroxyl groups is 1. The summed E-state index contributed by atoms with van der Waals surface area (Å²) in [6, 6.07) is 7.75. The molecule has 1 unspecified atom stereocenters. The van der Waals surface area contributed by atoms with Crippen LogP contribution in [0.4, 0.5) is 0 Å². The molecular weight excluding hydrogens is 230 g/mol. The summed E-state index contributed by atoms with van der Waals surface area (Å²) in [5.74, 6) is -0.504. The number of nitrogens with zero attached hydrogens (tertiary/aromatic N) is 1. The lowest BCUT2D eigenvalue weighted by Gasteiger charge is -2.27. The Balaban J connectivity index is 1.97. The van der Waals surface area contributed by atoms with Crippen LogP contribution in [0.15, 0.2) is 24.3 Å². The quantitative estimate of drug-likeness (QED) is 0.808. The SMILES string of the molecule is CC(Cc1ccc(O)cc1)N(CC(=O)O)C1CC1. The van der Waals surface area contributed by atoms with E-state index in [-0.39, 0.29) is 18.3 Å². The van der Waals surface area contributed by atoms with E-state index in [2.05, 4.69) is 11.8 Å². The number of hydrogen-bond donors (Lipinski definition) is 2. The van der Waals surface area contributed by atoms with Gasteiger partial charge in [0.05, 0.1) is 6.54 Å². The highest BCUT2D eigenvalue weighted by molar-refractivity contribution is 5.69. The molecule has 1 aromatic rings. The third kappa shape index (κ3) is 3.47. The first-order valence-electron chi connectivity index (χ1n) is 6.31. The van der Waals surface area contributed by atoms with Crippen LogP contribution in [-0.2, 0) is 11.2 Å². The van der Waals surface area contributed by atoms with Crippen LogP contribution in [0.5, 0.6) is 5.75 Å². The van der Waals surface area contributed by atoms with Crippen LogP contribution >= 0.6 is 0 Å². The van der Waals surface area contributed by atoms with E-state index in [0.29, 0.717) is 6.04 Å². The van der Waals surface area contributed by atoms with Crippen molar-refractivity contribution in [1.29, 1.82) is 0 Å². The van der Waals surface area contributed by atoms with E-state index >= 15 is 0 Å². The standard InChI is InChI=1S/C14H19NO3/c1-10(8-11-2-6-13(16)7-3-11)15(9-14(17)18)12-4-5-12/h2-3,6-7,10,12,16H,4-5,8-9H2,1H3,(H,17,18). The fourth-order valence-corrected chi connectivity index (χ4v) is 2.30. The maximum Gasteiger partial charge on any atom is 0.317 e. The summed E-state index contributed by atoms with van der Waals surface area (Å²) < 4.78 is 0. The summed E-state index contributed by atoms with van der Waals surface area (Å²) in [5, 5.41) is 18.2. The van der Waals surface area contributed by atoms with Crippen LogP contribution in [-0.4, -0.2) is 39.7 Å². The molecule has 98 valence electrons. The molecule has 0 aromatic heterocycles. The van der Waals surface area contributed by atoms with Gasteiger partial charge in [-0.25, -0.2) is 0 Å². The second-order valence-corrected chi connectivity index (χ2v) is 5.02. The summed E-state index contributed by atoms with van der Waals surface area (Å²) in [6.07, 6.45) is 3.02. The second kappa shape index (κ2) is 5.40. The molecule has 0 amide bonds. The summed E-state index contributed by atoms with van der Waals surface area (Å²) >= 11 is 0. The molecule has 1 fully saturated rings. The van der Waals surface area contributed by atoms with Gasteiger partial charge < -0.3 is 10.2 Å². The lowest BCUT2D eigenvalue weighted by Crippen LogP contribution is -2.40. The Kier molecular flexibility index (Phi) is 3.87. The van der Waals surface area contributed by atoms with Crippen molar-refractivity contribution in [3.8, 4) is 5.75 Å². The van der Waals surface area contributed by atoms with E-state index in [1.54, 1.807) is 12.1 Å². The monoisotopic (exact) mass is 249 g/mol. The van der Waals surface area contributed by atoms with E-state index in [1.165, 1.54) is 0 Å². The molecule has 1 aliphatic rings. The molecule has 0 spiro atoms. The van der Waals surface area contributed by atoms with Crippen LogP contribution in [0.2, 0.25) is 0 Å². The van der Waals surface area contributed by atoms with Crippen molar-refractivity contribution in [2.75, 3.05) is 6.54 Å². The number of phenolic OH excluding ortho intramolecular Hbond substituents is 1. The lowest BCUT2D eigenvalue weighted by atomic mass is 10.1. The van der Waals surface area contributed by atoms with Gasteiger partial charge in [-0.3, -0.25) is 9.69 Å². The van der Waals surface area contributed by atoms with E-state index in [1.807, 2.05) is 12.1 Å². The van der Waals surface area contributed by atoms with Crippen LogP contribution in [0.3, 0.4) is 0 Å². The Morgan fingerprint density at radius 3 is 2.50 bits per heavy atom. The molecule has 18 heavy (non-hydrogen) atoms. The molecule has 0 bridgehead atoms. The van der Waals surface area contributed by atoms with Crippen LogP contribution in [0, 0.1) is 0 Å². The molecular formula is C14H19NO3. The number of rotatable bonds is 6. The van der Waals surface area contributed by atoms with E-state index in [0.717, 1.165) is 24.8 Å². The number of aliphatic carboxylic acids is 1. The summed E-state index contributed by atoms with van der Waals surface area (Å²) in [5.41, 5.74) is 1.12. The highest BCUT2D eigenvalue weighted by Crippen LogP contribution is 2.29. The molecule has 2 N–H and O–H groups in total. The van der Waals surface area contributed by atoms with E-state index < -0.39 is 5.97 Å². The molecule has 0 aliphatic heterocycles. The zero-order chi connectivity index (χ0) is 13.1. The highest BCUT2D eigenvalue weighted by Gasteiger charge is 2.33. The fourth-order valence-electron chi connectivity index (χ4n) is 2.30. The van der Waals surface area contributed by atoms with Crippen molar-refractivity contribution in [2.45, 2.75) is 38.3 Å². The van der Waals surface area contributed by atoms with E-state index in [9.17, 15) is 9.90 Å². The van der Waals surface area contributed by atoms with Crippen molar-refractivity contribution in [3.63, 3.8) is 0 Å². The number of carbonyl (C=O) groups is 1. The normalized spacial score (nSPS) is 16.8. The third-order valence-corrected chi connectivity index (χ3v) is 3.37. The Labute approximate surface area is 107 Å². The fraction of sp³-hybridized carbons (Fsp3) is 0.500. The van der Waals surface area contributed by atoms with Crippen molar-refractivity contribution in [1.82, 2.24) is 4.90 Å².